The molecule has 0 fully saturated rings. The van der Waals surface area contributed by atoms with Crippen molar-refractivity contribution in [3.8, 4) is 0 Å². The lowest BCUT2D eigenvalue weighted by molar-refractivity contribution is -0.117. The molecule has 1 atom stereocenters. The smallest absolute Gasteiger partial charge is 0.244 e. The number of aromatic nitrogens is 4. The van der Waals surface area contributed by atoms with Crippen LogP contribution in [0.15, 0.2) is 17.8 Å². The molecule has 0 aliphatic carbocycles. The first kappa shape index (κ1) is 12.4. The maximum atomic E-state index is 11.6. The number of rotatable bonds is 4. The van der Waals surface area contributed by atoms with Gasteiger partial charge in [0.25, 0.3) is 0 Å². The van der Waals surface area contributed by atoms with Crippen LogP contribution in [-0.2, 0) is 4.79 Å². The monoisotopic (exact) mass is 263 g/mol. The molecule has 2 aromatic heterocycles. The number of carbonyl (C=O) groups excluding carboxylic acids is 1. The van der Waals surface area contributed by atoms with E-state index in [1.54, 1.807) is 17.4 Å². The predicted octanol–water partition coefficient (Wildman–Crippen LogP) is 1.46. The highest BCUT2D eigenvalue weighted by molar-refractivity contribution is 7.09. The molecule has 0 saturated carbocycles. The summed E-state index contributed by atoms with van der Waals surface area (Å²) in [7, 11) is 0. The van der Waals surface area contributed by atoms with Crippen molar-refractivity contribution in [2.75, 3.05) is 0 Å². The summed E-state index contributed by atoms with van der Waals surface area (Å²) < 4.78 is 0. The molecular formula is C11H13N5OS. The zero-order chi connectivity index (χ0) is 13.0. The lowest BCUT2D eigenvalue weighted by Gasteiger charge is -2.08. The zero-order valence-corrected chi connectivity index (χ0v) is 10.9. The minimum atomic E-state index is -0.207. The zero-order valence-electron chi connectivity index (χ0n) is 10.0. The fraction of sp³-hybridized carbons (Fsp3) is 0.273. The van der Waals surface area contributed by atoms with Gasteiger partial charge in [-0.3, -0.25) is 9.89 Å². The topological polar surface area (TPSA) is 83.6 Å². The Morgan fingerprint density at radius 3 is 3.06 bits per heavy atom. The van der Waals surface area contributed by atoms with Crippen LogP contribution in [0.1, 0.15) is 29.5 Å². The third-order valence-electron chi connectivity index (χ3n) is 2.24. The molecule has 1 unspecified atom stereocenters. The molecule has 2 N–H and O–H groups in total. The number of thiazole rings is 1. The quantitative estimate of drug-likeness (QED) is 0.818. The number of aryl methyl sites for hydroxylation is 1. The van der Waals surface area contributed by atoms with E-state index >= 15 is 0 Å². The van der Waals surface area contributed by atoms with Gasteiger partial charge in [-0.2, -0.15) is 5.10 Å². The van der Waals surface area contributed by atoms with Gasteiger partial charge in [-0.1, -0.05) is 0 Å². The van der Waals surface area contributed by atoms with Crippen molar-refractivity contribution in [2.45, 2.75) is 19.9 Å². The Balaban J connectivity index is 1.91. The first-order chi connectivity index (χ1) is 8.65. The van der Waals surface area contributed by atoms with Gasteiger partial charge < -0.3 is 5.32 Å². The molecule has 2 aromatic rings. The third kappa shape index (κ3) is 3.24. The van der Waals surface area contributed by atoms with E-state index in [1.807, 2.05) is 19.2 Å². The number of nitrogens with one attached hydrogen (secondary N) is 2. The Labute approximate surface area is 108 Å². The second-order valence-electron chi connectivity index (χ2n) is 3.73. The highest BCUT2D eigenvalue weighted by Crippen LogP contribution is 2.09. The Hall–Kier alpha value is -2.02. The average molecular weight is 263 g/mol. The van der Waals surface area contributed by atoms with Crippen molar-refractivity contribution >= 4 is 23.3 Å². The number of hydrogen-bond acceptors (Lipinski definition) is 5. The molecule has 2 heterocycles. The fourth-order valence-electron chi connectivity index (χ4n) is 1.37. The second kappa shape index (κ2) is 5.54. The van der Waals surface area contributed by atoms with Gasteiger partial charge in [0.15, 0.2) is 0 Å². The minimum Gasteiger partial charge on any atom is -0.343 e. The number of amides is 1. The van der Waals surface area contributed by atoms with Crippen LogP contribution in [0.3, 0.4) is 0 Å². The highest BCUT2D eigenvalue weighted by Gasteiger charge is 2.09. The molecule has 0 saturated heterocycles. The molecule has 7 heteroatoms. The lowest BCUT2D eigenvalue weighted by atomic mass is 10.3. The summed E-state index contributed by atoms with van der Waals surface area (Å²) in [5.74, 6) is 0.436. The Morgan fingerprint density at radius 2 is 2.44 bits per heavy atom. The van der Waals surface area contributed by atoms with Gasteiger partial charge in [0, 0.05) is 11.5 Å². The van der Waals surface area contributed by atoms with Crippen LogP contribution in [0, 0.1) is 6.92 Å². The standard InChI is InChI=1S/C11H13N5OS/c1-7(11-12-6-13-16-11)14-10(17)4-3-9-5-18-8(2)15-9/h3-7H,1-2H3,(H,14,17)(H,12,13,16)/b4-3+. The molecular weight excluding hydrogens is 250 g/mol. The first-order valence-electron chi connectivity index (χ1n) is 5.41. The van der Waals surface area contributed by atoms with Crippen molar-refractivity contribution in [2.24, 2.45) is 0 Å². The molecule has 18 heavy (non-hydrogen) atoms. The highest BCUT2D eigenvalue weighted by atomic mass is 32.1. The van der Waals surface area contributed by atoms with E-state index in [0.29, 0.717) is 5.82 Å². The summed E-state index contributed by atoms with van der Waals surface area (Å²) in [5.41, 5.74) is 0.792. The first-order valence-corrected chi connectivity index (χ1v) is 6.29. The number of H-pyrrole nitrogens is 1. The van der Waals surface area contributed by atoms with Crippen LogP contribution in [0.4, 0.5) is 0 Å². The summed E-state index contributed by atoms with van der Waals surface area (Å²) in [5, 5.41) is 12.1. The van der Waals surface area contributed by atoms with Crippen LogP contribution in [-0.4, -0.2) is 26.1 Å². The number of carbonyl (C=O) groups is 1. The van der Waals surface area contributed by atoms with Gasteiger partial charge in [-0.25, -0.2) is 9.97 Å². The molecule has 1 amide bonds. The van der Waals surface area contributed by atoms with E-state index < -0.39 is 0 Å². The summed E-state index contributed by atoms with van der Waals surface area (Å²) in [6, 6.07) is -0.207. The van der Waals surface area contributed by atoms with Crippen molar-refractivity contribution < 1.29 is 4.79 Å². The SMILES string of the molecule is Cc1nc(/C=C/C(=O)NC(C)c2ncn[nH]2)cs1. The van der Waals surface area contributed by atoms with Crippen molar-refractivity contribution in [3.63, 3.8) is 0 Å². The van der Waals surface area contributed by atoms with E-state index in [2.05, 4.69) is 25.5 Å². The second-order valence-corrected chi connectivity index (χ2v) is 4.79. The summed E-state index contributed by atoms with van der Waals surface area (Å²) in [4.78, 5) is 19.9. The Morgan fingerprint density at radius 1 is 1.61 bits per heavy atom. The molecule has 94 valence electrons. The summed E-state index contributed by atoms with van der Waals surface area (Å²) >= 11 is 1.55. The summed E-state index contributed by atoms with van der Waals surface area (Å²) in [6.07, 6.45) is 4.55. The Kier molecular flexibility index (Phi) is 3.83. The van der Waals surface area contributed by atoms with Gasteiger partial charge in [0.05, 0.1) is 16.7 Å². The summed E-state index contributed by atoms with van der Waals surface area (Å²) in [6.45, 7) is 3.76. The predicted molar refractivity (Wildman–Crippen MR) is 68.8 cm³/mol. The number of nitrogens with zero attached hydrogens (tertiary/aromatic N) is 3. The molecule has 0 bridgehead atoms. The van der Waals surface area contributed by atoms with Gasteiger partial charge in [0.1, 0.15) is 12.2 Å². The van der Waals surface area contributed by atoms with Crippen LogP contribution in [0.2, 0.25) is 0 Å². The fourth-order valence-corrected chi connectivity index (χ4v) is 1.95. The minimum absolute atomic E-state index is 0.190. The molecule has 0 aromatic carbocycles. The van der Waals surface area contributed by atoms with E-state index in [-0.39, 0.29) is 11.9 Å². The van der Waals surface area contributed by atoms with Crippen LogP contribution >= 0.6 is 11.3 Å². The average Bonchev–Trinajstić information content (AvgIpc) is 2.97. The van der Waals surface area contributed by atoms with Crippen molar-refractivity contribution in [1.82, 2.24) is 25.5 Å². The van der Waals surface area contributed by atoms with Crippen molar-refractivity contribution in [1.29, 1.82) is 0 Å². The Bertz CT molecular complexity index is 546. The van der Waals surface area contributed by atoms with Gasteiger partial charge in [-0.15, -0.1) is 11.3 Å². The normalized spacial score (nSPS) is 12.8. The van der Waals surface area contributed by atoms with Crippen molar-refractivity contribution in [3.05, 3.63) is 34.3 Å². The largest absolute Gasteiger partial charge is 0.343 e. The number of hydrogen-bond donors (Lipinski definition) is 2. The van der Waals surface area contributed by atoms with Crippen LogP contribution < -0.4 is 5.32 Å². The van der Waals surface area contributed by atoms with E-state index in [0.717, 1.165) is 10.7 Å². The molecule has 0 aliphatic rings. The maximum absolute atomic E-state index is 11.6. The van der Waals surface area contributed by atoms with Gasteiger partial charge in [0.2, 0.25) is 5.91 Å². The van der Waals surface area contributed by atoms with Gasteiger partial charge >= 0.3 is 0 Å². The van der Waals surface area contributed by atoms with Crippen LogP contribution in [0.25, 0.3) is 6.08 Å². The number of aromatic amines is 1. The molecule has 0 aliphatic heterocycles. The molecule has 2 rings (SSSR count). The van der Waals surface area contributed by atoms with E-state index in [1.165, 1.54) is 12.4 Å². The van der Waals surface area contributed by atoms with Gasteiger partial charge in [-0.05, 0) is 19.9 Å². The van der Waals surface area contributed by atoms with E-state index in [4.69, 9.17) is 0 Å². The molecule has 0 spiro atoms. The lowest BCUT2D eigenvalue weighted by Crippen LogP contribution is -2.25. The molecule has 0 radical (unpaired) electrons. The van der Waals surface area contributed by atoms with E-state index in [9.17, 15) is 4.79 Å². The molecule has 6 nitrogen and oxygen atoms in total. The van der Waals surface area contributed by atoms with Crippen LogP contribution in [0.5, 0.6) is 0 Å². The maximum Gasteiger partial charge on any atom is 0.244 e. The third-order valence-corrected chi connectivity index (χ3v) is 3.04.